The van der Waals surface area contributed by atoms with E-state index in [1.54, 1.807) is 7.11 Å². The molecule has 0 bridgehead atoms. The third-order valence-electron chi connectivity index (χ3n) is 2.20. The predicted octanol–water partition coefficient (Wildman–Crippen LogP) is 5.02. The summed E-state index contributed by atoms with van der Waals surface area (Å²) in [4.78, 5) is 0. The van der Waals surface area contributed by atoms with Gasteiger partial charge >= 0.3 is 0 Å². The highest BCUT2D eigenvalue weighted by atomic mass is 16.5. The lowest BCUT2D eigenvalue weighted by Crippen LogP contribution is -1.80. The Balaban J connectivity index is 0.000000289. The van der Waals surface area contributed by atoms with Crippen molar-refractivity contribution in [1.29, 1.82) is 0 Å². The molecule has 0 atom stereocenters. The molecule has 0 heterocycles. The standard InChI is InChI=1S/C8H10O.C7H8.C2H6/c1-7-3-5-8(9-2)6-4-7;1-7-5-3-2-4-6-7;1-2/h3-6H,1-2H3;2-6H,1H3;1-2H3. The lowest BCUT2D eigenvalue weighted by molar-refractivity contribution is 0.414. The minimum atomic E-state index is 0.917. The highest BCUT2D eigenvalue weighted by Crippen LogP contribution is 2.09. The van der Waals surface area contributed by atoms with Gasteiger partial charge < -0.3 is 4.74 Å². The van der Waals surface area contributed by atoms with E-state index in [-0.39, 0.29) is 0 Å². The van der Waals surface area contributed by atoms with E-state index in [9.17, 15) is 0 Å². The van der Waals surface area contributed by atoms with Crippen LogP contribution in [0.3, 0.4) is 0 Å². The number of ether oxygens (including phenoxy) is 1. The maximum Gasteiger partial charge on any atom is 0.118 e. The highest BCUT2D eigenvalue weighted by molar-refractivity contribution is 5.25. The van der Waals surface area contributed by atoms with Crippen LogP contribution in [0, 0.1) is 13.8 Å². The van der Waals surface area contributed by atoms with Gasteiger partial charge in [-0.25, -0.2) is 0 Å². The molecule has 18 heavy (non-hydrogen) atoms. The molecule has 0 aromatic heterocycles. The molecule has 0 aliphatic rings. The second-order valence-corrected chi connectivity index (χ2v) is 3.67. The molecule has 0 aliphatic carbocycles. The number of benzene rings is 2. The minimum absolute atomic E-state index is 0.917. The SMILES string of the molecule is CC.COc1ccc(C)cc1.Cc1ccccc1. The minimum Gasteiger partial charge on any atom is -0.497 e. The average Bonchev–Trinajstić information content (AvgIpc) is 2.43. The first-order valence-corrected chi connectivity index (χ1v) is 6.34. The van der Waals surface area contributed by atoms with Gasteiger partial charge in [0.25, 0.3) is 0 Å². The van der Waals surface area contributed by atoms with Crippen LogP contribution in [0.2, 0.25) is 0 Å². The van der Waals surface area contributed by atoms with E-state index < -0.39 is 0 Å². The Hall–Kier alpha value is -1.76. The van der Waals surface area contributed by atoms with Crippen molar-refractivity contribution >= 4 is 0 Å². The Morgan fingerprint density at radius 2 is 1.11 bits per heavy atom. The van der Waals surface area contributed by atoms with Gasteiger partial charge in [0, 0.05) is 0 Å². The Morgan fingerprint density at radius 1 is 0.667 bits per heavy atom. The molecule has 0 radical (unpaired) electrons. The predicted molar refractivity (Wildman–Crippen MR) is 80.3 cm³/mol. The Labute approximate surface area is 111 Å². The fraction of sp³-hybridized carbons (Fsp3) is 0.294. The van der Waals surface area contributed by atoms with Crippen molar-refractivity contribution < 1.29 is 4.74 Å². The van der Waals surface area contributed by atoms with Crippen molar-refractivity contribution in [3.63, 3.8) is 0 Å². The third kappa shape index (κ3) is 7.50. The van der Waals surface area contributed by atoms with Gasteiger partial charge in [-0.3, -0.25) is 0 Å². The van der Waals surface area contributed by atoms with Gasteiger partial charge in [0.1, 0.15) is 5.75 Å². The largest absolute Gasteiger partial charge is 0.497 e. The lowest BCUT2D eigenvalue weighted by atomic mass is 10.2. The topological polar surface area (TPSA) is 9.23 Å². The molecule has 98 valence electrons. The molecule has 2 rings (SSSR count). The molecule has 0 spiro atoms. The van der Waals surface area contributed by atoms with Gasteiger partial charge in [-0.05, 0) is 26.0 Å². The summed E-state index contributed by atoms with van der Waals surface area (Å²) in [6.45, 7) is 8.14. The van der Waals surface area contributed by atoms with Crippen molar-refractivity contribution in [2.75, 3.05) is 7.11 Å². The summed E-state index contributed by atoms with van der Waals surface area (Å²) in [5.74, 6) is 0.917. The average molecular weight is 244 g/mol. The van der Waals surface area contributed by atoms with Gasteiger partial charge in [0.2, 0.25) is 0 Å². The van der Waals surface area contributed by atoms with Crippen molar-refractivity contribution in [3.8, 4) is 5.75 Å². The molecule has 0 saturated heterocycles. The summed E-state index contributed by atoms with van der Waals surface area (Å²) in [6.07, 6.45) is 0. The zero-order valence-corrected chi connectivity index (χ0v) is 12.1. The van der Waals surface area contributed by atoms with Crippen LogP contribution in [0.4, 0.5) is 0 Å². The first-order valence-electron chi connectivity index (χ1n) is 6.34. The van der Waals surface area contributed by atoms with Crippen molar-refractivity contribution in [2.45, 2.75) is 27.7 Å². The first-order chi connectivity index (χ1) is 8.72. The number of hydrogen-bond acceptors (Lipinski definition) is 1. The number of methoxy groups -OCH3 is 1. The van der Waals surface area contributed by atoms with E-state index in [1.807, 2.05) is 56.3 Å². The van der Waals surface area contributed by atoms with E-state index in [0.29, 0.717) is 0 Å². The fourth-order valence-corrected chi connectivity index (χ4v) is 1.21. The molecule has 0 saturated carbocycles. The molecule has 0 fully saturated rings. The van der Waals surface area contributed by atoms with E-state index in [4.69, 9.17) is 4.74 Å². The maximum absolute atomic E-state index is 4.97. The number of rotatable bonds is 1. The van der Waals surface area contributed by atoms with Gasteiger partial charge in [0.15, 0.2) is 0 Å². The van der Waals surface area contributed by atoms with E-state index in [0.717, 1.165) is 5.75 Å². The summed E-state index contributed by atoms with van der Waals surface area (Å²) in [7, 11) is 1.67. The normalized spacial score (nSPS) is 8.28. The Morgan fingerprint density at radius 3 is 1.44 bits per heavy atom. The molecule has 0 aliphatic heterocycles. The van der Waals surface area contributed by atoms with E-state index in [2.05, 4.69) is 26.0 Å². The van der Waals surface area contributed by atoms with Gasteiger partial charge in [0.05, 0.1) is 7.11 Å². The quantitative estimate of drug-likeness (QED) is 0.684. The van der Waals surface area contributed by atoms with Crippen LogP contribution in [0.5, 0.6) is 5.75 Å². The molecule has 0 amide bonds. The van der Waals surface area contributed by atoms with Crippen LogP contribution in [-0.2, 0) is 0 Å². The number of aryl methyl sites for hydroxylation is 2. The molecule has 2 aromatic carbocycles. The van der Waals surface area contributed by atoms with Crippen molar-refractivity contribution in [1.82, 2.24) is 0 Å². The van der Waals surface area contributed by atoms with Crippen LogP contribution >= 0.6 is 0 Å². The second-order valence-electron chi connectivity index (χ2n) is 3.67. The zero-order valence-electron chi connectivity index (χ0n) is 12.1. The van der Waals surface area contributed by atoms with E-state index >= 15 is 0 Å². The van der Waals surface area contributed by atoms with Crippen LogP contribution < -0.4 is 4.74 Å². The second kappa shape index (κ2) is 10.4. The van der Waals surface area contributed by atoms with E-state index in [1.165, 1.54) is 11.1 Å². The fourth-order valence-electron chi connectivity index (χ4n) is 1.21. The number of hydrogen-bond donors (Lipinski definition) is 0. The third-order valence-corrected chi connectivity index (χ3v) is 2.20. The van der Waals surface area contributed by atoms with Crippen LogP contribution in [0.1, 0.15) is 25.0 Å². The van der Waals surface area contributed by atoms with Crippen LogP contribution in [0.15, 0.2) is 54.6 Å². The molecule has 0 N–H and O–H groups in total. The van der Waals surface area contributed by atoms with Crippen LogP contribution in [0.25, 0.3) is 0 Å². The summed E-state index contributed by atoms with van der Waals surface area (Å²) in [5.41, 5.74) is 2.58. The molecule has 0 unspecified atom stereocenters. The molecule has 2 aromatic rings. The summed E-state index contributed by atoms with van der Waals surface area (Å²) >= 11 is 0. The molecule has 1 heteroatoms. The summed E-state index contributed by atoms with van der Waals surface area (Å²) in [5, 5.41) is 0. The van der Waals surface area contributed by atoms with Gasteiger partial charge in [-0.2, -0.15) is 0 Å². The highest BCUT2D eigenvalue weighted by Gasteiger charge is 1.85. The Kier molecular flexibility index (Phi) is 9.38. The molecular formula is C17H24O. The Bertz CT molecular complexity index is 390. The molecular weight excluding hydrogens is 220 g/mol. The summed E-state index contributed by atoms with van der Waals surface area (Å²) < 4.78 is 4.97. The first kappa shape index (κ1) is 16.2. The maximum atomic E-state index is 4.97. The van der Waals surface area contributed by atoms with Crippen LogP contribution in [-0.4, -0.2) is 7.11 Å². The van der Waals surface area contributed by atoms with Gasteiger partial charge in [-0.1, -0.05) is 67.4 Å². The lowest BCUT2D eigenvalue weighted by Gasteiger charge is -1.97. The van der Waals surface area contributed by atoms with Crippen molar-refractivity contribution in [3.05, 3.63) is 65.7 Å². The zero-order chi connectivity index (χ0) is 13.8. The molecule has 1 nitrogen and oxygen atoms in total. The summed E-state index contributed by atoms with van der Waals surface area (Å²) in [6, 6.07) is 18.2. The smallest absolute Gasteiger partial charge is 0.118 e. The van der Waals surface area contributed by atoms with Crippen molar-refractivity contribution in [2.24, 2.45) is 0 Å². The monoisotopic (exact) mass is 244 g/mol. The van der Waals surface area contributed by atoms with Gasteiger partial charge in [-0.15, -0.1) is 0 Å².